The molecule has 5 heteroatoms. The fraction of sp³-hybridized carbons (Fsp3) is 0.450. The van der Waals surface area contributed by atoms with Crippen LogP contribution in [0, 0.1) is 5.92 Å². The van der Waals surface area contributed by atoms with Crippen LogP contribution in [0.5, 0.6) is 0 Å². The second kappa shape index (κ2) is 6.56. The van der Waals surface area contributed by atoms with Gasteiger partial charge in [0.05, 0.1) is 0 Å². The number of hydrogen-bond donors (Lipinski definition) is 2. The molecule has 1 aromatic heterocycles. The van der Waals surface area contributed by atoms with Crippen LogP contribution in [0.1, 0.15) is 30.3 Å². The van der Waals surface area contributed by atoms with E-state index in [9.17, 15) is 4.79 Å². The van der Waals surface area contributed by atoms with E-state index in [1.165, 1.54) is 12.8 Å². The molecule has 2 atom stereocenters. The molecule has 0 radical (unpaired) electrons. The number of furan rings is 1. The molecule has 0 aliphatic carbocycles. The highest BCUT2D eigenvalue weighted by Gasteiger charge is 2.40. The number of hydrogen-bond acceptors (Lipinski definition) is 4. The first-order valence-corrected chi connectivity index (χ1v) is 9.08. The summed E-state index contributed by atoms with van der Waals surface area (Å²) in [4.78, 5) is 15.1. The summed E-state index contributed by atoms with van der Waals surface area (Å²) in [6.07, 6.45) is 2.35. The number of anilines is 1. The summed E-state index contributed by atoms with van der Waals surface area (Å²) in [6, 6.07) is 12.2. The summed E-state index contributed by atoms with van der Waals surface area (Å²) < 4.78 is 5.83. The van der Waals surface area contributed by atoms with E-state index < -0.39 is 0 Å². The number of rotatable bonds is 4. The third-order valence-electron chi connectivity index (χ3n) is 5.74. The lowest BCUT2D eigenvalue weighted by atomic mass is 9.79. The lowest BCUT2D eigenvalue weighted by Crippen LogP contribution is -2.62. The highest BCUT2D eigenvalue weighted by molar-refractivity contribution is 5.92. The van der Waals surface area contributed by atoms with Crippen molar-refractivity contribution in [2.75, 3.05) is 25.5 Å². The molecular weight excluding hydrogens is 314 g/mol. The number of benzene rings is 1. The van der Waals surface area contributed by atoms with Gasteiger partial charge in [0.25, 0.3) is 5.91 Å². The van der Waals surface area contributed by atoms with Gasteiger partial charge in [-0.15, -0.1) is 0 Å². The normalized spacial score (nSPS) is 27.9. The minimum atomic E-state index is -0.110. The van der Waals surface area contributed by atoms with E-state index >= 15 is 0 Å². The maximum atomic E-state index is 12.7. The van der Waals surface area contributed by atoms with Gasteiger partial charge >= 0.3 is 0 Å². The zero-order chi connectivity index (χ0) is 17.4. The molecule has 3 aliphatic heterocycles. The van der Waals surface area contributed by atoms with E-state index in [2.05, 4.69) is 22.5 Å². The molecule has 4 heterocycles. The summed E-state index contributed by atoms with van der Waals surface area (Å²) in [5, 5.41) is 6.33. The molecule has 3 aliphatic rings. The Morgan fingerprint density at radius 2 is 2.00 bits per heavy atom. The van der Waals surface area contributed by atoms with Crippen molar-refractivity contribution < 1.29 is 9.21 Å². The molecule has 5 rings (SSSR count). The SMILES string of the molecule is CNc1cccc(-c2ccc(C(=O)N[C@@H]3C4CCN(CC4)[C@H]3C)o2)c1. The van der Waals surface area contributed by atoms with Crippen molar-refractivity contribution in [2.24, 2.45) is 5.92 Å². The summed E-state index contributed by atoms with van der Waals surface area (Å²) in [5.41, 5.74) is 1.98. The van der Waals surface area contributed by atoms with Crippen molar-refractivity contribution in [2.45, 2.75) is 31.8 Å². The second-order valence-electron chi connectivity index (χ2n) is 7.11. The van der Waals surface area contributed by atoms with Crippen molar-refractivity contribution in [3.63, 3.8) is 0 Å². The largest absolute Gasteiger partial charge is 0.451 e. The maximum absolute atomic E-state index is 12.7. The van der Waals surface area contributed by atoms with Crippen molar-refractivity contribution in [3.8, 4) is 11.3 Å². The van der Waals surface area contributed by atoms with Crippen LogP contribution < -0.4 is 10.6 Å². The van der Waals surface area contributed by atoms with Gasteiger partial charge in [-0.1, -0.05) is 12.1 Å². The van der Waals surface area contributed by atoms with Gasteiger partial charge in [-0.25, -0.2) is 0 Å². The van der Waals surface area contributed by atoms with Crippen LogP contribution in [0.2, 0.25) is 0 Å². The summed E-state index contributed by atoms with van der Waals surface area (Å²) in [7, 11) is 1.88. The van der Waals surface area contributed by atoms with E-state index in [0.717, 1.165) is 24.3 Å². The highest BCUT2D eigenvalue weighted by Crippen LogP contribution is 2.32. The van der Waals surface area contributed by atoms with Crippen molar-refractivity contribution in [3.05, 3.63) is 42.2 Å². The summed E-state index contributed by atoms with van der Waals surface area (Å²) >= 11 is 0. The molecule has 0 saturated carbocycles. The van der Waals surface area contributed by atoms with E-state index in [4.69, 9.17) is 4.42 Å². The molecule has 0 unspecified atom stereocenters. The third kappa shape index (κ3) is 3.04. The molecule has 2 N–H and O–H groups in total. The van der Waals surface area contributed by atoms with Gasteiger partial charge in [0.1, 0.15) is 5.76 Å². The molecule has 1 amide bonds. The van der Waals surface area contributed by atoms with Crippen molar-refractivity contribution in [1.82, 2.24) is 10.2 Å². The number of fused-ring (bicyclic) bond motifs is 3. The summed E-state index contributed by atoms with van der Waals surface area (Å²) in [5.74, 6) is 1.57. The van der Waals surface area contributed by atoms with Gasteiger partial charge < -0.3 is 15.1 Å². The number of nitrogens with one attached hydrogen (secondary N) is 2. The Morgan fingerprint density at radius 1 is 1.20 bits per heavy atom. The fourth-order valence-corrected chi connectivity index (χ4v) is 4.21. The van der Waals surface area contributed by atoms with E-state index in [-0.39, 0.29) is 11.9 Å². The van der Waals surface area contributed by atoms with Gasteiger partial charge in [-0.2, -0.15) is 0 Å². The van der Waals surface area contributed by atoms with Crippen molar-refractivity contribution >= 4 is 11.6 Å². The molecule has 1 aromatic carbocycles. The minimum Gasteiger partial charge on any atom is -0.451 e. The predicted molar refractivity (Wildman–Crippen MR) is 98.7 cm³/mol. The minimum absolute atomic E-state index is 0.110. The quantitative estimate of drug-likeness (QED) is 0.898. The van der Waals surface area contributed by atoms with E-state index in [0.29, 0.717) is 23.5 Å². The monoisotopic (exact) mass is 339 g/mol. The molecule has 2 bridgehead atoms. The maximum Gasteiger partial charge on any atom is 0.287 e. The Hall–Kier alpha value is -2.27. The Morgan fingerprint density at radius 3 is 2.72 bits per heavy atom. The van der Waals surface area contributed by atoms with Crippen LogP contribution in [0.4, 0.5) is 5.69 Å². The third-order valence-corrected chi connectivity index (χ3v) is 5.74. The van der Waals surface area contributed by atoms with Gasteiger partial charge in [-0.05, 0) is 63.0 Å². The number of amides is 1. The number of carbonyl (C=O) groups excluding carboxylic acids is 1. The van der Waals surface area contributed by atoms with Crippen LogP contribution in [0.15, 0.2) is 40.8 Å². The van der Waals surface area contributed by atoms with Crippen LogP contribution in [-0.4, -0.2) is 43.0 Å². The Labute approximate surface area is 148 Å². The standard InChI is InChI=1S/C20H25N3O2/c1-13-19(14-8-10-23(13)11-9-14)22-20(24)18-7-6-17(25-18)15-4-3-5-16(12-15)21-2/h3-7,12-14,19,21H,8-11H2,1-2H3,(H,22,24)/t13-,19-/m0/s1. The van der Waals surface area contributed by atoms with Gasteiger partial charge in [0.2, 0.25) is 0 Å². The lowest BCUT2D eigenvalue weighted by molar-refractivity contribution is 0.0211. The average molecular weight is 339 g/mol. The van der Waals surface area contributed by atoms with Gasteiger partial charge in [0, 0.05) is 30.4 Å². The van der Waals surface area contributed by atoms with E-state index in [1.54, 1.807) is 6.07 Å². The number of nitrogens with zero attached hydrogens (tertiary/aromatic N) is 1. The number of carbonyl (C=O) groups is 1. The second-order valence-corrected chi connectivity index (χ2v) is 7.11. The highest BCUT2D eigenvalue weighted by atomic mass is 16.3. The lowest BCUT2D eigenvalue weighted by Gasteiger charge is -2.49. The Kier molecular flexibility index (Phi) is 4.25. The van der Waals surface area contributed by atoms with Crippen LogP contribution in [-0.2, 0) is 0 Å². The molecule has 0 spiro atoms. The molecular formula is C20H25N3O2. The van der Waals surface area contributed by atoms with Crippen LogP contribution >= 0.6 is 0 Å². The number of piperidine rings is 3. The van der Waals surface area contributed by atoms with Crippen molar-refractivity contribution in [1.29, 1.82) is 0 Å². The first kappa shape index (κ1) is 16.2. The molecule has 2 aromatic rings. The molecule has 3 saturated heterocycles. The molecule has 25 heavy (non-hydrogen) atoms. The average Bonchev–Trinajstić information content (AvgIpc) is 3.15. The first-order chi connectivity index (χ1) is 12.2. The fourth-order valence-electron chi connectivity index (χ4n) is 4.21. The Balaban J connectivity index is 1.49. The first-order valence-electron chi connectivity index (χ1n) is 9.08. The molecule has 5 nitrogen and oxygen atoms in total. The van der Waals surface area contributed by atoms with Crippen LogP contribution in [0.25, 0.3) is 11.3 Å². The smallest absolute Gasteiger partial charge is 0.287 e. The predicted octanol–water partition coefficient (Wildman–Crippen LogP) is 3.20. The van der Waals surface area contributed by atoms with E-state index in [1.807, 2.05) is 37.4 Å². The zero-order valence-corrected chi connectivity index (χ0v) is 14.8. The topological polar surface area (TPSA) is 57.5 Å². The van der Waals surface area contributed by atoms with Crippen LogP contribution in [0.3, 0.4) is 0 Å². The zero-order valence-electron chi connectivity index (χ0n) is 14.8. The van der Waals surface area contributed by atoms with Gasteiger partial charge in [0.15, 0.2) is 5.76 Å². The summed E-state index contributed by atoms with van der Waals surface area (Å²) in [6.45, 7) is 4.53. The molecule has 3 fully saturated rings. The van der Waals surface area contributed by atoms with Gasteiger partial charge in [-0.3, -0.25) is 9.69 Å². The molecule has 132 valence electrons. The Bertz CT molecular complexity index is 760.